The zero-order valence-corrected chi connectivity index (χ0v) is 11.8. The second-order valence-corrected chi connectivity index (χ2v) is 5.84. The molecule has 96 valence electrons. The highest BCUT2D eigenvalue weighted by Gasteiger charge is 2.14. The van der Waals surface area contributed by atoms with E-state index in [0.717, 1.165) is 24.3 Å². The van der Waals surface area contributed by atoms with Crippen LogP contribution in [0.4, 0.5) is 5.13 Å². The summed E-state index contributed by atoms with van der Waals surface area (Å²) in [5, 5.41) is 12.5. The number of nitrogens with one attached hydrogen (secondary N) is 1. The number of nitrogens with zero attached hydrogens (tertiary/aromatic N) is 2. The summed E-state index contributed by atoms with van der Waals surface area (Å²) in [5.74, 6) is 0.641. The van der Waals surface area contributed by atoms with Crippen LogP contribution in [0.2, 0.25) is 0 Å². The fraction of sp³-hybridized carbons (Fsp3) is 0.750. The second kappa shape index (κ2) is 6.69. The standard InChI is InChI=1S/C12H21N3OS/c1-5-6-9(4)11(16)13-12-15-14-10(17-12)7-8(2)3/h8-9H,5-7H2,1-4H3,(H,13,15,16)/t9-/m1/s1. The predicted molar refractivity (Wildman–Crippen MR) is 71.2 cm³/mol. The number of hydrogen-bond acceptors (Lipinski definition) is 4. The van der Waals surface area contributed by atoms with Crippen molar-refractivity contribution in [3.05, 3.63) is 5.01 Å². The largest absolute Gasteiger partial charge is 0.300 e. The van der Waals surface area contributed by atoms with E-state index in [2.05, 4.69) is 36.3 Å². The van der Waals surface area contributed by atoms with Crippen molar-refractivity contribution < 1.29 is 4.79 Å². The molecule has 1 aromatic rings. The topological polar surface area (TPSA) is 54.9 Å². The van der Waals surface area contributed by atoms with Gasteiger partial charge in [-0.15, -0.1) is 10.2 Å². The van der Waals surface area contributed by atoms with Crippen LogP contribution in [0.15, 0.2) is 0 Å². The van der Waals surface area contributed by atoms with Gasteiger partial charge in [0, 0.05) is 12.3 Å². The fourth-order valence-electron chi connectivity index (χ4n) is 1.53. The Morgan fingerprint density at radius 2 is 2.06 bits per heavy atom. The quantitative estimate of drug-likeness (QED) is 0.849. The number of rotatable bonds is 6. The Hall–Kier alpha value is -0.970. The maximum absolute atomic E-state index is 11.8. The maximum Gasteiger partial charge on any atom is 0.229 e. The first-order valence-electron chi connectivity index (χ1n) is 6.16. The van der Waals surface area contributed by atoms with Gasteiger partial charge in [-0.25, -0.2) is 0 Å². The molecule has 4 nitrogen and oxygen atoms in total. The van der Waals surface area contributed by atoms with Crippen molar-refractivity contribution in [1.82, 2.24) is 10.2 Å². The highest BCUT2D eigenvalue weighted by atomic mass is 32.1. The molecule has 0 aliphatic heterocycles. The van der Waals surface area contributed by atoms with Crippen LogP contribution in [0.5, 0.6) is 0 Å². The molecule has 17 heavy (non-hydrogen) atoms. The smallest absolute Gasteiger partial charge is 0.229 e. The monoisotopic (exact) mass is 255 g/mol. The Balaban J connectivity index is 2.51. The lowest BCUT2D eigenvalue weighted by atomic mass is 10.1. The van der Waals surface area contributed by atoms with Crippen molar-refractivity contribution in [2.45, 2.75) is 47.0 Å². The first-order chi connectivity index (χ1) is 8.02. The van der Waals surface area contributed by atoms with Crippen molar-refractivity contribution in [3.8, 4) is 0 Å². The van der Waals surface area contributed by atoms with Crippen LogP contribution < -0.4 is 5.32 Å². The molecule has 0 saturated heterocycles. The SMILES string of the molecule is CCC[C@@H](C)C(=O)Nc1nnc(CC(C)C)s1. The van der Waals surface area contributed by atoms with Gasteiger partial charge in [-0.2, -0.15) is 0 Å². The summed E-state index contributed by atoms with van der Waals surface area (Å²) in [7, 11) is 0. The lowest BCUT2D eigenvalue weighted by Gasteiger charge is -2.07. The zero-order chi connectivity index (χ0) is 12.8. The van der Waals surface area contributed by atoms with E-state index < -0.39 is 0 Å². The second-order valence-electron chi connectivity index (χ2n) is 4.78. The van der Waals surface area contributed by atoms with Crippen LogP contribution in [0.1, 0.15) is 45.5 Å². The summed E-state index contributed by atoms with van der Waals surface area (Å²) in [5.41, 5.74) is 0. The molecule has 0 aromatic carbocycles. The Labute approximate surface area is 107 Å². The molecule has 0 bridgehead atoms. The molecule has 0 radical (unpaired) electrons. The molecule has 0 unspecified atom stereocenters. The normalized spacial score (nSPS) is 12.8. The Bertz CT molecular complexity index is 362. The van der Waals surface area contributed by atoms with Crippen molar-refractivity contribution in [3.63, 3.8) is 0 Å². The number of carbonyl (C=O) groups is 1. The number of anilines is 1. The van der Waals surface area contributed by atoms with E-state index in [9.17, 15) is 4.79 Å². The zero-order valence-electron chi connectivity index (χ0n) is 11.0. The minimum absolute atomic E-state index is 0.0393. The lowest BCUT2D eigenvalue weighted by molar-refractivity contribution is -0.119. The molecule has 1 heterocycles. The molecule has 0 spiro atoms. The third kappa shape index (κ3) is 4.81. The van der Waals surface area contributed by atoms with Gasteiger partial charge in [0.15, 0.2) is 0 Å². The van der Waals surface area contributed by atoms with E-state index in [-0.39, 0.29) is 11.8 Å². The van der Waals surface area contributed by atoms with Crippen LogP contribution >= 0.6 is 11.3 Å². The molecule has 0 saturated carbocycles. The van der Waals surface area contributed by atoms with Gasteiger partial charge in [0.1, 0.15) is 5.01 Å². The first-order valence-corrected chi connectivity index (χ1v) is 6.97. The molecule has 1 aromatic heterocycles. The van der Waals surface area contributed by atoms with Gasteiger partial charge in [0.2, 0.25) is 11.0 Å². The van der Waals surface area contributed by atoms with Crippen molar-refractivity contribution in [1.29, 1.82) is 0 Å². The Kier molecular flexibility index (Phi) is 5.55. The molecular formula is C12H21N3OS. The van der Waals surface area contributed by atoms with Crippen molar-refractivity contribution in [2.75, 3.05) is 5.32 Å². The fourth-order valence-corrected chi connectivity index (χ4v) is 2.48. The molecule has 0 fully saturated rings. The number of carbonyl (C=O) groups excluding carboxylic acids is 1. The summed E-state index contributed by atoms with van der Waals surface area (Å²) in [4.78, 5) is 11.8. The van der Waals surface area contributed by atoms with Crippen LogP contribution in [0, 0.1) is 11.8 Å². The maximum atomic E-state index is 11.8. The summed E-state index contributed by atoms with van der Waals surface area (Å²) < 4.78 is 0. The highest BCUT2D eigenvalue weighted by molar-refractivity contribution is 7.15. The van der Waals surface area contributed by atoms with E-state index >= 15 is 0 Å². The van der Waals surface area contributed by atoms with Gasteiger partial charge >= 0.3 is 0 Å². The first kappa shape index (κ1) is 14.1. The molecule has 1 amide bonds. The average molecular weight is 255 g/mol. The van der Waals surface area contributed by atoms with Gasteiger partial charge in [-0.3, -0.25) is 4.79 Å². The third-order valence-corrected chi connectivity index (χ3v) is 3.31. The Morgan fingerprint density at radius 3 is 2.65 bits per heavy atom. The third-order valence-electron chi connectivity index (χ3n) is 2.45. The van der Waals surface area contributed by atoms with Crippen LogP contribution in [-0.4, -0.2) is 16.1 Å². The van der Waals surface area contributed by atoms with Gasteiger partial charge < -0.3 is 5.32 Å². The molecule has 1 atom stereocenters. The van der Waals surface area contributed by atoms with Gasteiger partial charge in [-0.1, -0.05) is 45.5 Å². The summed E-state index contributed by atoms with van der Waals surface area (Å²) >= 11 is 1.47. The van der Waals surface area contributed by atoms with Crippen LogP contribution in [0.25, 0.3) is 0 Å². The number of amides is 1. The Morgan fingerprint density at radius 1 is 1.35 bits per heavy atom. The summed E-state index contributed by atoms with van der Waals surface area (Å²) in [6.45, 7) is 8.30. The minimum atomic E-state index is 0.0393. The number of aromatic nitrogens is 2. The molecule has 5 heteroatoms. The van der Waals surface area contributed by atoms with Gasteiger partial charge in [-0.05, 0) is 12.3 Å². The summed E-state index contributed by atoms with van der Waals surface area (Å²) in [6.07, 6.45) is 2.84. The van der Waals surface area contributed by atoms with Crippen molar-refractivity contribution in [2.24, 2.45) is 11.8 Å². The summed E-state index contributed by atoms with van der Waals surface area (Å²) in [6, 6.07) is 0. The average Bonchev–Trinajstić information content (AvgIpc) is 2.64. The minimum Gasteiger partial charge on any atom is -0.300 e. The predicted octanol–water partition coefficient (Wildman–Crippen LogP) is 3.11. The van der Waals surface area contributed by atoms with E-state index in [1.165, 1.54) is 11.3 Å². The lowest BCUT2D eigenvalue weighted by Crippen LogP contribution is -2.20. The van der Waals surface area contributed by atoms with Crippen molar-refractivity contribution >= 4 is 22.4 Å². The van der Waals surface area contributed by atoms with Crippen LogP contribution in [0.3, 0.4) is 0 Å². The molecule has 0 aliphatic carbocycles. The van der Waals surface area contributed by atoms with E-state index in [0.29, 0.717) is 11.0 Å². The highest BCUT2D eigenvalue weighted by Crippen LogP contribution is 2.19. The molecule has 1 N–H and O–H groups in total. The molecular weight excluding hydrogens is 234 g/mol. The van der Waals surface area contributed by atoms with Crippen LogP contribution in [-0.2, 0) is 11.2 Å². The van der Waals surface area contributed by atoms with Gasteiger partial charge in [0.25, 0.3) is 0 Å². The molecule has 0 aliphatic rings. The number of hydrogen-bond donors (Lipinski definition) is 1. The van der Waals surface area contributed by atoms with Gasteiger partial charge in [0.05, 0.1) is 0 Å². The van der Waals surface area contributed by atoms with E-state index in [1.54, 1.807) is 0 Å². The molecule has 1 rings (SSSR count). The van der Waals surface area contributed by atoms with E-state index in [4.69, 9.17) is 0 Å². The van der Waals surface area contributed by atoms with E-state index in [1.807, 2.05) is 6.92 Å².